The van der Waals surface area contributed by atoms with E-state index in [0.29, 0.717) is 40.3 Å². The molecule has 142 valence electrons. The Bertz CT molecular complexity index is 977. The first kappa shape index (κ1) is 19.3. The second-order valence-corrected chi connectivity index (χ2v) is 6.64. The quantitative estimate of drug-likeness (QED) is 0.525. The molecule has 0 spiro atoms. The third-order valence-electron chi connectivity index (χ3n) is 4.13. The van der Waals surface area contributed by atoms with Gasteiger partial charge in [0.15, 0.2) is 5.11 Å². The molecule has 0 fully saturated rings. The molecule has 3 N–H and O–H groups in total. The SMILES string of the molecule is COc1cc(NC(=S)NCCc2c[nH]c3ccc(F)cc23)c(OC)cc1Cl. The highest BCUT2D eigenvalue weighted by Crippen LogP contribution is 2.35. The summed E-state index contributed by atoms with van der Waals surface area (Å²) in [7, 11) is 3.09. The number of aromatic nitrogens is 1. The molecule has 0 bridgehead atoms. The first-order valence-corrected chi connectivity index (χ1v) is 9.02. The molecule has 0 radical (unpaired) electrons. The second kappa shape index (κ2) is 8.45. The Labute approximate surface area is 166 Å². The zero-order valence-electron chi connectivity index (χ0n) is 14.9. The van der Waals surface area contributed by atoms with E-state index in [9.17, 15) is 4.39 Å². The van der Waals surface area contributed by atoms with Gasteiger partial charge in [-0.2, -0.15) is 0 Å². The molecule has 0 saturated carbocycles. The summed E-state index contributed by atoms with van der Waals surface area (Å²) in [5, 5.41) is 7.97. The van der Waals surface area contributed by atoms with E-state index in [0.717, 1.165) is 16.5 Å². The molecule has 0 atom stereocenters. The van der Waals surface area contributed by atoms with Gasteiger partial charge in [-0.1, -0.05) is 11.6 Å². The number of benzene rings is 2. The topological polar surface area (TPSA) is 58.3 Å². The Kier molecular flexibility index (Phi) is 6.03. The molecule has 27 heavy (non-hydrogen) atoms. The number of anilines is 1. The molecule has 3 aromatic rings. The molecule has 0 unspecified atom stereocenters. The highest BCUT2D eigenvalue weighted by Gasteiger charge is 2.11. The molecule has 0 aliphatic rings. The second-order valence-electron chi connectivity index (χ2n) is 5.82. The van der Waals surface area contributed by atoms with Crippen molar-refractivity contribution in [3.05, 3.63) is 52.9 Å². The molecular formula is C19H19ClFN3O2S. The number of nitrogens with one attached hydrogen (secondary N) is 3. The van der Waals surface area contributed by atoms with Gasteiger partial charge in [0, 0.05) is 35.8 Å². The Morgan fingerprint density at radius 2 is 1.96 bits per heavy atom. The molecule has 1 heterocycles. The van der Waals surface area contributed by atoms with Crippen LogP contribution in [0.1, 0.15) is 5.56 Å². The highest BCUT2D eigenvalue weighted by atomic mass is 35.5. The largest absolute Gasteiger partial charge is 0.495 e. The van der Waals surface area contributed by atoms with Gasteiger partial charge in [-0.3, -0.25) is 0 Å². The van der Waals surface area contributed by atoms with Crippen molar-refractivity contribution in [2.75, 3.05) is 26.1 Å². The van der Waals surface area contributed by atoms with Crippen molar-refractivity contribution in [2.45, 2.75) is 6.42 Å². The fraction of sp³-hybridized carbons (Fsp3) is 0.211. The molecule has 3 rings (SSSR count). The van der Waals surface area contributed by atoms with E-state index >= 15 is 0 Å². The fourth-order valence-corrected chi connectivity index (χ4v) is 3.24. The van der Waals surface area contributed by atoms with Gasteiger partial charge >= 0.3 is 0 Å². The number of ether oxygens (including phenoxy) is 2. The van der Waals surface area contributed by atoms with Crippen LogP contribution in [0.4, 0.5) is 10.1 Å². The number of aromatic amines is 1. The van der Waals surface area contributed by atoms with Gasteiger partial charge < -0.3 is 25.1 Å². The summed E-state index contributed by atoms with van der Waals surface area (Å²) < 4.78 is 24.0. The van der Waals surface area contributed by atoms with Crippen LogP contribution in [0.3, 0.4) is 0 Å². The molecule has 8 heteroatoms. The highest BCUT2D eigenvalue weighted by molar-refractivity contribution is 7.80. The molecular weight excluding hydrogens is 389 g/mol. The number of thiocarbonyl (C=S) groups is 1. The lowest BCUT2D eigenvalue weighted by atomic mass is 10.1. The van der Waals surface area contributed by atoms with Crippen LogP contribution in [0.15, 0.2) is 36.5 Å². The summed E-state index contributed by atoms with van der Waals surface area (Å²) in [6.45, 7) is 0.586. The van der Waals surface area contributed by atoms with Gasteiger partial charge in [0.25, 0.3) is 0 Å². The first-order valence-electron chi connectivity index (χ1n) is 8.23. The van der Waals surface area contributed by atoms with Crippen LogP contribution < -0.4 is 20.1 Å². The number of halogens is 2. The Morgan fingerprint density at radius 3 is 2.70 bits per heavy atom. The zero-order valence-corrected chi connectivity index (χ0v) is 16.4. The molecule has 0 amide bonds. The summed E-state index contributed by atoms with van der Waals surface area (Å²) >= 11 is 11.5. The van der Waals surface area contributed by atoms with Crippen molar-refractivity contribution in [1.82, 2.24) is 10.3 Å². The van der Waals surface area contributed by atoms with Crippen LogP contribution >= 0.6 is 23.8 Å². The number of methoxy groups -OCH3 is 2. The van der Waals surface area contributed by atoms with E-state index in [4.69, 9.17) is 33.3 Å². The number of fused-ring (bicyclic) bond motifs is 1. The number of hydrogen-bond donors (Lipinski definition) is 3. The average molecular weight is 408 g/mol. The molecule has 0 aliphatic carbocycles. The van der Waals surface area contributed by atoms with Crippen LogP contribution in [0.5, 0.6) is 11.5 Å². The average Bonchev–Trinajstić information content (AvgIpc) is 3.05. The Balaban J connectivity index is 1.62. The van der Waals surface area contributed by atoms with Crippen molar-refractivity contribution >= 4 is 45.5 Å². The summed E-state index contributed by atoms with van der Waals surface area (Å²) in [6, 6.07) is 8.08. The maximum absolute atomic E-state index is 13.5. The Morgan fingerprint density at radius 1 is 1.19 bits per heavy atom. The lowest BCUT2D eigenvalue weighted by Crippen LogP contribution is -2.30. The van der Waals surface area contributed by atoms with Crippen LogP contribution in [0.25, 0.3) is 10.9 Å². The number of H-pyrrole nitrogens is 1. The van der Waals surface area contributed by atoms with Gasteiger partial charge in [0.2, 0.25) is 0 Å². The predicted molar refractivity (Wildman–Crippen MR) is 111 cm³/mol. The van der Waals surface area contributed by atoms with Gasteiger partial charge in [-0.15, -0.1) is 0 Å². The standard InChI is InChI=1S/C19H19ClFN3O2S/c1-25-17-9-16(18(26-2)8-14(17)20)24-19(27)22-6-5-11-10-23-15-4-3-12(21)7-13(11)15/h3-4,7-10,23H,5-6H2,1-2H3,(H2,22,24,27). The van der Waals surface area contributed by atoms with Gasteiger partial charge in [-0.25, -0.2) is 4.39 Å². The maximum atomic E-state index is 13.5. The van der Waals surface area contributed by atoms with Gasteiger partial charge in [0.05, 0.1) is 24.9 Å². The van der Waals surface area contributed by atoms with Crippen molar-refractivity contribution in [3.8, 4) is 11.5 Å². The smallest absolute Gasteiger partial charge is 0.170 e. The van der Waals surface area contributed by atoms with Crippen molar-refractivity contribution in [1.29, 1.82) is 0 Å². The van der Waals surface area contributed by atoms with Crippen LogP contribution in [-0.2, 0) is 6.42 Å². The van der Waals surface area contributed by atoms with E-state index in [1.807, 2.05) is 6.20 Å². The normalized spacial score (nSPS) is 10.7. The lowest BCUT2D eigenvalue weighted by Gasteiger charge is -2.15. The van der Waals surface area contributed by atoms with Crippen molar-refractivity contribution in [2.24, 2.45) is 0 Å². The minimum Gasteiger partial charge on any atom is -0.495 e. The third-order valence-corrected chi connectivity index (χ3v) is 4.67. The zero-order chi connectivity index (χ0) is 19.4. The fourth-order valence-electron chi connectivity index (χ4n) is 2.79. The molecule has 2 aromatic carbocycles. The van der Waals surface area contributed by atoms with E-state index in [2.05, 4.69) is 15.6 Å². The van der Waals surface area contributed by atoms with Crippen LogP contribution in [-0.4, -0.2) is 30.9 Å². The van der Waals surface area contributed by atoms with E-state index in [-0.39, 0.29) is 5.82 Å². The monoisotopic (exact) mass is 407 g/mol. The summed E-state index contributed by atoms with van der Waals surface area (Å²) in [5.41, 5.74) is 2.57. The molecule has 1 aromatic heterocycles. The Hall–Kier alpha value is -2.51. The summed E-state index contributed by atoms with van der Waals surface area (Å²) in [5.74, 6) is 0.818. The molecule has 0 aliphatic heterocycles. The maximum Gasteiger partial charge on any atom is 0.170 e. The summed E-state index contributed by atoms with van der Waals surface area (Å²) in [6.07, 6.45) is 2.57. The van der Waals surface area contributed by atoms with E-state index < -0.39 is 0 Å². The van der Waals surface area contributed by atoms with Crippen LogP contribution in [0.2, 0.25) is 5.02 Å². The third kappa shape index (κ3) is 4.43. The number of rotatable bonds is 6. The predicted octanol–water partition coefficient (Wildman–Crippen LogP) is 4.51. The minimum absolute atomic E-state index is 0.253. The molecule has 0 saturated heterocycles. The molecule has 5 nitrogen and oxygen atoms in total. The van der Waals surface area contributed by atoms with Crippen molar-refractivity contribution in [3.63, 3.8) is 0 Å². The van der Waals surface area contributed by atoms with E-state index in [1.165, 1.54) is 19.2 Å². The minimum atomic E-state index is -0.253. The van der Waals surface area contributed by atoms with Gasteiger partial charge in [-0.05, 0) is 42.4 Å². The summed E-state index contributed by atoms with van der Waals surface area (Å²) in [4.78, 5) is 3.14. The van der Waals surface area contributed by atoms with Crippen molar-refractivity contribution < 1.29 is 13.9 Å². The van der Waals surface area contributed by atoms with Crippen LogP contribution in [0, 0.1) is 5.82 Å². The van der Waals surface area contributed by atoms with E-state index in [1.54, 1.807) is 25.3 Å². The number of hydrogen-bond acceptors (Lipinski definition) is 3. The first-order chi connectivity index (χ1) is 13.0. The lowest BCUT2D eigenvalue weighted by molar-refractivity contribution is 0.405. The van der Waals surface area contributed by atoms with Gasteiger partial charge in [0.1, 0.15) is 17.3 Å².